The van der Waals surface area contributed by atoms with Crippen LogP contribution in [0.1, 0.15) is 0 Å². The van der Waals surface area contributed by atoms with E-state index in [1.165, 1.54) is 11.0 Å². The number of hydrogen-bond donors (Lipinski definition) is 2. The predicted molar refractivity (Wildman–Crippen MR) is 100 cm³/mol. The first-order chi connectivity index (χ1) is 11.8. The molecule has 0 atom stereocenters. The molecule has 2 N–H and O–H groups in total. The molecule has 0 aliphatic carbocycles. The number of aromatic nitrogens is 1. The Hall–Kier alpha value is -2.62. The molecule has 0 saturated heterocycles. The van der Waals surface area contributed by atoms with Crippen molar-refractivity contribution in [3.05, 3.63) is 82.5 Å². The van der Waals surface area contributed by atoms with E-state index < -0.39 is 14.1 Å². The van der Waals surface area contributed by atoms with Crippen molar-refractivity contribution >= 4 is 36.6 Å². The number of aliphatic imine (C=N–C) groups is 2. The number of hydrogen-bond acceptors (Lipinski definition) is 3. The van der Waals surface area contributed by atoms with Gasteiger partial charge < -0.3 is 0 Å². The summed E-state index contributed by atoms with van der Waals surface area (Å²) in [5, 5.41) is 3.36. The Bertz CT molecular complexity index is 1060. The summed E-state index contributed by atoms with van der Waals surface area (Å²) < 4.78 is 3.65. The molecular formula is C19H15N4Se. The fourth-order valence-corrected chi connectivity index (χ4v) is 6.02. The molecule has 4 aliphatic heterocycles. The first-order valence-electron chi connectivity index (χ1n) is 7.82. The molecule has 1 aromatic heterocycles. The molecule has 0 amide bonds. The van der Waals surface area contributed by atoms with Crippen LogP contribution in [0.2, 0.25) is 5.32 Å². The predicted octanol–water partition coefficient (Wildman–Crippen LogP) is 1.40. The number of H-pyrrole nitrogens is 1. The maximum absolute atomic E-state index is 4.66. The molecule has 5 heterocycles. The molecule has 4 nitrogen and oxygen atoms in total. The van der Waals surface area contributed by atoms with Crippen LogP contribution in [0.25, 0.3) is 11.1 Å². The second-order valence-corrected chi connectivity index (χ2v) is 9.29. The van der Waals surface area contributed by atoms with Gasteiger partial charge in [0.1, 0.15) is 0 Å². The fourth-order valence-electron chi connectivity index (χ4n) is 2.90. The zero-order valence-electron chi connectivity index (χ0n) is 12.9. The van der Waals surface area contributed by atoms with Gasteiger partial charge in [-0.2, -0.15) is 0 Å². The van der Waals surface area contributed by atoms with Gasteiger partial charge in [0.25, 0.3) is 0 Å². The van der Waals surface area contributed by atoms with Gasteiger partial charge in [-0.05, 0) is 0 Å². The molecule has 1 aromatic rings. The van der Waals surface area contributed by atoms with Crippen LogP contribution < -0.4 is 15.0 Å². The Morgan fingerprint density at radius 1 is 0.833 bits per heavy atom. The zero-order valence-corrected chi connectivity index (χ0v) is 14.6. The van der Waals surface area contributed by atoms with Crippen LogP contribution in [-0.2, 0) is 0 Å². The van der Waals surface area contributed by atoms with Crippen molar-refractivity contribution in [3.8, 4) is 0 Å². The van der Waals surface area contributed by atoms with Crippen LogP contribution >= 0.6 is 0 Å². The molecule has 24 heavy (non-hydrogen) atoms. The number of rotatable bonds is 0. The van der Waals surface area contributed by atoms with Gasteiger partial charge in [-0.15, -0.1) is 0 Å². The van der Waals surface area contributed by atoms with E-state index in [1.54, 1.807) is 0 Å². The van der Waals surface area contributed by atoms with E-state index >= 15 is 0 Å². The molecule has 0 saturated carbocycles. The normalized spacial score (nSPS) is 21.2. The molecule has 0 fully saturated rings. The van der Waals surface area contributed by atoms with Crippen LogP contribution in [0.4, 0.5) is 0 Å². The first kappa shape index (κ1) is 13.8. The molecule has 8 bridgehead atoms. The fraction of sp³-hybridized carbons (Fsp3) is 0.0526. The summed E-state index contributed by atoms with van der Waals surface area (Å²) in [6, 6.07) is 4.24. The van der Waals surface area contributed by atoms with Gasteiger partial charge >= 0.3 is 144 Å². The summed E-state index contributed by atoms with van der Waals surface area (Å²) >= 11 is -0.998. The Kier molecular flexibility index (Phi) is 3.15. The number of allylic oxidation sites excluding steroid dienone is 7. The Morgan fingerprint density at radius 2 is 1.58 bits per heavy atom. The Morgan fingerprint density at radius 3 is 2.46 bits per heavy atom. The van der Waals surface area contributed by atoms with E-state index in [2.05, 4.69) is 60.7 Å². The molecule has 0 unspecified atom stereocenters. The topological polar surface area (TPSA) is 52.5 Å². The van der Waals surface area contributed by atoms with E-state index in [-0.39, 0.29) is 0 Å². The number of fused-ring (bicyclic) bond motifs is 6. The van der Waals surface area contributed by atoms with Gasteiger partial charge in [0.2, 0.25) is 0 Å². The van der Waals surface area contributed by atoms with Gasteiger partial charge in [-0.3, -0.25) is 0 Å². The van der Waals surface area contributed by atoms with E-state index in [1.807, 2.05) is 24.3 Å². The van der Waals surface area contributed by atoms with E-state index in [4.69, 9.17) is 0 Å². The van der Waals surface area contributed by atoms with Crippen molar-refractivity contribution < 1.29 is 0 Å². The van der Waals surface area contributed by atoms with E-state index in [0.29, 0.717) is 0 Å². The van der Waals surface area contributed by atoms with E-state index in [0.717, 1.165) is 33.5 Å². The number of nitrogens with one attached hydrogen (secondary N) is 2. The van der Waals surface area contributed by atoms with Crippen LogP contribution in [0.15, 0.2) is 81.7 Å². The van der Waals surface area contributed by atoms with Gasteiger partial charge in [-0.1, -0.05) is 0 Å². The molecule has 0 aromatic carbocycles. The molecule has 4 aliphatic rings. The van der Waals surface area contributed by atoms with Gasteiger partial charge in [0.05, 0.1) is 0 Å². The third-order valence-corrected chi connectivity index (χ3v) is 7.28. The quantitative estimate of drug-likeness (QED) is 0.659. The monoisotopic (exact) mass is 379 g/mol. The molecule has 1 radical (unpaired) electrons. The summed E-state index contributed by atoms with van der Waals surface area (Å²) in [4.78, 5) is 15.1. The van der Waals surface area contributed by atoms with Crippen LogP contribution in [-0.4, -0.2) is 30.5 Å². The van der Waals surface area contributed by atoms with Crippen molar-refractivity contribution in [1.82, 2.24) is 9.32 Å². The number of nitrogens with zero attached hydrogens (tertiary/aromatic N) is 2. The Balaban J connectivity index is 1.65. The van der Waals surface area contributed by atoms with Crippen molar-refractivity contribution in [2.75, 3.05) is 0 Å². The second kappa shape index (κ2) is 5.48. The average molecular weight is 378 g/mol. The third kappa shape index (κ3) is 2.68. The summed E-state index contributed by atoms with van der Waals surface area (Å²) in [6.07, 6.45) is 16.6. The first-order valence-corrected chi connectivity index (χ1v) is 10.9. The van der Waals surface area contributed by atoms with Crippen molar-refractivity contribution in [2.24, 2.45) is 9.98 Å². The number of aromatic amines is 1. The minimum atomic E-state index is -0.998. The average Bonchev–Trinajstić information content (AvgIpc) is 3.32. The molecule has 0 spiro atoms. The van der Waals surface area contributed by atoms with Gasteiger partial charge in [0.15, 0.2) is 0 Å². The molecule has 117 valence electrons. The zero-order chi connectivity index (χ0) is 15.9. The van der Waals surface area contributed by atoms with Gasteiger partial charge in [-0.25, -0.2) is 0 Å². The summed E-state index contributed by atoms with van der Waals surface area (Å²) in [5.74, 6) is 0. The van der Waals surface area contributed by atoms with Gasteiger partial charge in [0, 0.05) is 0 Å². The summed E-state index contributed by atoms with van der Waals surface area (Å²) in [6.45, 7) is 0. The third-order valence-electron chi connectivity index (χ3n) is 4.00. The van der Waals surface area contributed by atoms with E-state index in [9.17, 15) is 0 Å². The van der Waals surface area contributed by atoms with Crippen molar-refractivity contribution in [2.45, 2.75) is 5.32 Å². The van der Waals surface area contributed by atoms with Crippen molar-refractivity contribution in [1.29, 1.82) is 0 Å². The molecule has 5 rings (SSSR count). The summed E-state index contributed by atoms with van der Waals surface area (Å²) in [5.41, 5.74) is 5.00. The summed E-state index contributed by atoms with van der Waals surface area (Å²) in [7, 11) is 0. The standard InChI is InChI=1S/C19H15N4Se/c1-2-15-10-16-5-6-19(22-16)12-24-8-7-18(23-24)11-17-4-3-14(21-17)9-13(1)20-15/h1-7,9-12,22-23H,8H2. The minimum absolute atomic E-state index is 0.932. The van der Waals surface area contributed by atoms with Crippen LogP contribution in [0, 0.1) is 0 Å². The van der Waals surface area contributed by atoms with Crippen LogP contribution in [0.3, 0.4) is 0 Å². The Labute approximate surface area is 143 Å². The maximum atomic E-state index is 4.66. The second-order valence-electron chi connectivity index (χ2n) is 5.87. The molecule has 5 heteroatoms. The van der Waals surface area contributed by atoms with Crippen LogP contribution in [0.5, 0.6) is 0 Å². The SMILES string of the molecule is C1=CC2=NC1=CC1=CC[Se](C=c3ccc([nH]3)=CC3=NC(=C2)C=C3)N1. The van der Waals surface area contributed by atoms with Crippen molar-refractivity contribution in [3.63, 3.8) is 0 Å². The molecular weight excluding hydrogens is 363 g/mol.